The lowest BCUT2D eigenvalue weighted by Gasteiger charge is -2.21. The van der Waals surface area contributed by atoms with E-state index < -0.39 is 16.8 Å². The molecule has 0 fully saturated rings. The maximum atomic E-state index is 10.6. The fourth-order valence-corrected chi connectivity index (χ4v) is 0.480. The van der Waals surface area contributed by atoms with E-state index in [1.54, 1.807) is 13.8 Å². The fourth-order valence-electron chi connectivity index (χ4n) is 0.381. The number of halogens is 1. The Hall–Kier alpha value is -0.320. The molecule has 0 aliphatic carbocycles. The number of nitrogens with two attached hydrogens (primary N) is 1. The van der Waals surface area contributed by atoms with E-state index in [1.807, 2.05) is 0 Å². The van der Waals surface area contributed by atoms with Gasteiger partial charge in [0.05, 0.1) is 4.87 Å². The molecule has 0 saturated carbocycles. The van der Waals surface area contributed by atoms with Gasteiger partial charge in [0.15, 0.2) is 0 Å². The third kappa shape index (κ3) is 2.51. The Morgan fingerprint density at radius 2 is 2.20 bits per heavy atom. The number of hydrogen-bond donors (Lipinski definition) is 3. The Balaban J connectivity index is 4.08. The number of amides is 1. The van der Waals surface area contributed by atoms with Crippen LogP contribution in [0.25, 0.3) is 0 Å². The molecule has 1 atom stereocenters. The molecule has 0 aromatic heterocycles. The zero-order valence-electron chi connectivity index (χ0n) is 5.89. The van der Waals surface area contributed by atoms with Gasteiger partial charge in [0.1, 0.15) is 6.04 Å². The molecule has 10 heavy (non-hydrogen) atoms. The molecule has 0 radical (unpaired) electrons. The molecule has 5 heteroatoms. The largest absolute Gasteiger partial charge is 0.318 e. The van der Waals surface area contributed by atoms with Crippen molar-refractivity contribution < 1.29 is 10.0 Å². The summed E-state index contributed by atoms with van der Waals surface area (Å²) >= 11 is 5.66. The second-order valence-corrected chi connectivity index (χ2v) is 3.49. The number of carbonyl (C=O) groups is 1. The monoisotopic (exact) mass is 166 g/mol. The first kappa shape index (κ1) is 9.68. The normalized spacial score (nSPS) is 14.5. The van der Waals surface area contributed by atoms with E-state index >= 15 is 0 Å². The summed E-state index contributed by atoms with van der Waals surface area (Å²) in [7, 11) is 0. The lowest BCUT2D eigenvalue weighted by molar-refractivity contribution is -0.131. The molecule has 0 aliphatic rings. The Bertz CT molecular complexity index is 132. The number of carbonyl (C=O) groups excluding carboxylic acids is 1. The molecule has 0 heterocycles. The van der Waals surface area contributed by atoms with Crippen LogP contribution in [-0.2, 0) is 4.79 Å². The van der Waals surface area contributed by atoms with E-state index in [-0.39, 0.29) is 0 Å². The summed E-state index contributed by atoms with van der Waals surface area (Å²) in [6.07, 6.45) is 0. The molecule has 0 bridgehead atoms. The first-order valence-corrected chi connectivity index (χ1v) is 3.16. The third-order valence-electron chi connectivity index (χ3n) is 1.13. The molecule has 1 amide bonds. The highest BCUT2D eigenvalue weighted by molar-refractivity contribution is 6.25. The Kier molecular flexibility index (Phi) is 3.08. The maximum absolute atomic E-state index is 10.6. The first-order valence-electron chi connectivity index (χ1n) is 2.78. The van der Waals surface area contributed by atoms with Gasteiger partial charge < -0.3 is 5.73 Å². The predicted molar refractivity (Wildman–Crippen MR) is 37.8 cm³/mol. The zero-order chi connectivity index (χ0) is 8.36. The topological polar surface area (TPSA) is 75.4 Å². The molecule has 60 valence electrons. The smallest absolute Gasteiger partial charge is 0.262 e. The molecule has 0 spiro atoms. The SMILES string of the molecule is CC(C)(Cl)[C@H](N)C(=O)NO. The van der Waals surface area contributed by atoms with Crippen LogP contribution in [-0.4, -0.2) is 22.0 Å². The quantitative estimate of drug-likeness (QED) is 0.303. The second-order valence-electron chi connectivity index (χ2n) is 2.52. The van der Waals surface area contributed by atoms with Gasteiger partial charge in [-0.05, 0) is 13.8 Å². The van der Waals surface area contributed by atoms with E-state index in [2.05, 4.69) is 0 Å². The summed E-state index contributed by atoms with van der Waals surface area (Å²) in [5.74, 6) is -0.681. The van der Waals surface area contributed by atoms with Crippen molar-refractivity contribution in [3.63, 3.8) is 0 Å². The average Bonchev–Trinajstić information content (AvgIpc) is 1.83. The summed E-state index contributed by atoms with van der Waals surface area (Å²) in [5.41, 5.74) is 6.72. The Labute approximate surface area is 64.3 Å². The van der Waals surface area contributed by atoms with E-state index in [1.165, 1.54) is 5.48 Å². The van der Waals surface area contributed by atoms with E-state index in [0.29, 0.717) is 0 Å². The van der Waals surface area contributed by atoms with Crippen LogP contribution in [0.4, 0.5) is 0 Å². The van der Waals surface area contributed by atoms with Crippen LogP contribution >= 0.6 is 11.6 Å². The zero-order valence-corrected chi connectivity index (χ0v) is 6.64. The number of hydroxylamine groups is 1. The lowest BCUT2D eigenvalue weighted by Crippen LogP contribution is -2.50. The van der Waals surface area contributed by atoms with Crippen molar-refractivity contribution in [1.82, 2.24) is 5.48 Å². The van der Waals surface area contributed by atoms with Crippen LogP contribution in [0, 0.1) is 0 Å². The molecular formula is C5H11ClN2O2. The molecule has 0 aliphatic heterocycles. The maximum Gasteiger partial charge on any atom is 0.262 e. The van der Waals surface area contributed by atoms with Crippen LogP contribution in [0.15, 0.2) is 0 Å². The van der Waals surface area contributed by atoms with E-state index in [4.69, 9.17) is 22.5 Å². The van der Waals surface area contributed by atoms with Gasteiger partial charge >= 0.3 is 0 Å². The molecular weight excluding hydrogens is 156 g/mol. The van der Waals surface area contributed by atoms with Gasteiger partial charge in [-0.2, -0.15) is 0 Å². The summed E-state index contributed by atoms with van der Waals surface area (Å²) in [6, 6.07) is -0.904. The van der Waals surface area contributed by atoms with Crippen LogP contribution in [0.2, 0.25) is 0 Å². The van der Waals surface area contributed by atoms with Crippen molar-refractivity contribution in [2.75, 3.05) is 0 Å². The van der Waals surface area contributed by atoms with Gasteiger partial charge in [-0.15, -0.1) is 11.6 Å². The predicted octanol–water partition coefficient (Wildman–Crippen LogP) is -0.164. The lowest BCUT2D eigenvalue weighted by atomic mass is 10.0. The van der Waals surface area contributed by atoms with Gasteiger partial charge in [-0.25, -0.2) is 5.48 Å². The molecule has 0 aromatic rings. The Morgan fingerprint density at radius 3 is 2.30 bits per heavy atom. The molecule has 0 unspecified atom stereocenters. The van der Waals surface area contributed by atoms with E-state index in [9.17, 15) is 4.79 Å². The number of hydrogen-bond acceptors (Lipinski definition) is 3. The van der Waals surface area contributed by atoms with Crippen LogP contribution in [0.1, 0.15) is 13.8 Å². The van der Waals surface area contributed by atoms with Gasteiger partial charge in [0.2, 0.25) is 0 Å². The molecule has 4 N–H and O–H groups in total. The summed E-state index contributed by atoms with van der Waals surface area (Å²) in [5, 5.41) is 8.13. The number of nitrogens with one attached hydrogen (secondary N) is 1. The van der Waals surface area contributed by atoms with Crippen molar-refractivity contribution in [1.29, 1.82) is 0 Å². The summed E-state index contributed by atoms with van der Waals surface area (Å²) in [6.45, 7) is 3.18. The fraction of sp³-hybridized carbons (Fsp3) is 0.800. The highest BCUT2D eigenvalue weighted by Crippen LogP contribution is 2.15. The van der Waals surface area contributed by atoms with Gasteiger partial charge in [0, 0.05) is 0 Å². The summed E-state index contributed by atoms with van der Waals surface area (Å²) in [4.78, 5) is 9.75. The highest BCUT2D eigenvalue weighted by Gasteiger charge is 2.29. The van der Waals surface area contributed by atoms with Crippen molar-refractivity contribution in [2.45, 2.75) is 24.8 Å². The van der Waals surface area contributed by atoms with E-state index in [0.717, 1.165) is 0 Å². The van der Waals surface area contributed by atoms with Crippen molar-refractivity contribution in [3.8, 4) is 0 Å². The highest BCUT2D eigenvalue weighted by atomic mass is 35.5. The van der Waals surface area contributed by atoms with Gasteiger partial charge in [-0.1, -0.05) is 0 Å². The van der Waals surface area contributed by atoms with Crippen LogP contribution in [0.3, 0.4) is 0 Å². The first-order chi connectivity index (χ1) is 4.39. The van der Waals surface area contributed by atoms with Gasteiger partial charge in [0.25, 0.3) is 5.91 Å². The summed E-state index contributed by atoms with van der Waals surface area (Å²) < 4.78 is 0. The molecule has 0 saturated heterocycles. The standard InChI is InChI=1S/C5H11ClN2O2/c1-5(2,6)3(7)4(9)8-10/h3,10H,7H2,1-2H3,(H,8,9)/t3-/m1/s1. The van der Waals surface area contributed by atoms with Crippen molar-refractivity contribution in [3.05, 3.63) is 0 Å². The second kappa shape index (κ2) is 3.18. The van der Waals surface area contributed by atoms with Crippen LogP contribution in [0.5, 0.6) is 0 Å². The Morgan fingerprint density at radius 1 is 1.80 bits per heavy atom. The van der Waals surface area contributed by atoms with Gasteiger partial charge in [-0.3, -0.25) is 10.0 Å². The molecule has 0 aromatic carbocycles. The third-order valence-corrected chi connectivity index (χ3v) is 1.37. The minimum absolute atomic E-state index is 0.681. The number of rotatable bonds is 2. The molecule has 4 nitrogen and oxygen atoms in total. The minimum atomic E-state index is -0.904. The average molecular weight is 167 g/mol. The number of alkyl halides is 1. The minimum Gasteiger partial charge on any atom is -0.318 e. The molecule has 0 rings (SSSR count). The van der Waals surface area contributed by atoms with Crippen LogP contribution < -0.4 is 11.2 Å². The van der Waals surface area contributed by atoms with Crippen molar-refractivity contribution >= 4 is 17.5 Å². The van der Waals surface area contributed by atoms with Crippen molar-refractivity contribution in [2.24, 2.45) is 5.73 Å².